The van der Waals surface area contributed by atoms with Crippen LogP contribution in [0.15, 0.2) is 42.5 Å². The van der Waals surface area contributed by atoms with Gasteiger partial charge in [-0.3, -0.25) is 14.6 Å². The van der Waals surface area contributed by atoms with Crippen molar-refractivity contribution in [1.82, 2.24) is 20.2 Å². The van der Waals surface area contributed by atoms with Crippen LogP contribution in [0.1, 0.15) is 37.7 Å². The van der Waals surface area contributed by atoms with Gasteiger partial charge in [-0.1, -0.05) is 18.0 Å². The summed E-state index contributed by atoms with van der Waals surface area (Å²) in [5, 5.41) is 17.1. The van der Waals surface area contributed by atoms with Crippen molar-refractivity contribution in [3.63, 3.8) is 0 Å². The monoisotopic (exact) mass is 578 g/mol. The maximum atomic E-state index is 13.6. The number of carbonyl (C=O) groups is 2. The Morgan fingerprint density at radius 2 is 1.76 bits per heavy atom. The molecule has 2 amide bonds. The van der Waals surface area contributed by atoms with Gasteiger partial charge in [0.25, 0.3) is 5.91 Å². The van der Waals surface area contributed by atoms with Crippen LogP contribution < -0.4 is 15.0 Å². The molecule has 0 spiro atoms. The largest absolute Gasteiger partial charge is 0.455 e. The average molecular weight is 579 g/mol. The summed E-state index contributed by atoms with van der Waals surface area (Å²) < 4.78 is 6.18. The third kappa shape index (κ3) is 7.50. The van der Waals surface area contributed by atoms with Gasteiger partial charge in [0, 0.05) is 38.2 Å². The minimum absolute atomic E-state index is 0.0340. The molecule has 1 saturated carbocycles. The zero-order chi connectivity index (χ0) is 28.8. The first-order valence-corrected chi connectivity index (χ1v) is 15.0. The van der Waals surface area contributed by atoms with Crippen molar-refractivity contribution in [3.05, 3.63) is 53.1 Å². The fourth-order valence-electron chi connectivity index (χ4n) is 6.24. The van der Waals surface area contributed by atoms with Crippen LogP contribution in [0, 0.1) is 23.2 Å². The Balaban J connectivity index is 1.34. The second kappa shape index (κ2) is 13.6. The topological polar surface area (TPSA) is 92.2 Å². The number of likely N-dealkylation sites (N-methyl/N-ethyl adjacent to an activating group) is 1. The first kappa shape index (κ1) is 29.2. The van der Waals surface area contributed by atoms with E-state index in [0.29, 0.717) is 46.2 Å². The van der Waals surface area contributed by atoms with E-state index in [4.69, 9.17) is 16.3 Å². The molecule has 2 aromatic rings. The van der Waals surface area contributed by atoms with E-state index in [0.717, 1.165) is 32.7 Å². The number of halogens is 1. The molecule has 5 rings (SSSR count). The Labute approximate surface area is 247 Å². The van der Waals surface area contributed by atoms with Crippen LogP contribution in [-0.2, 0) is 9.59 Å². The van der Waals surface area contributed by atoms with E-state index in [1.807, 2.05) is 7.05 Å². The number of nitriles is 1. The normalized spacial score (nSPS) is 20.4. The zero-order valence-electron chi connectivity index (χ0n) is 23.7. The lowest BCUT2D eigenvalue weighted by atomic mass is 10.0. The Morgan fingerprint density at radius 3 is 2.44 bits per heavy atom. The average Bonchev–Trinajstić information content (AvgIpc) is 3.73. The molecule has 3 aliphatic rings. The number of benzene rings is 2. The van der Waals surface area contributed by atoms with Crippen LogP contribution in [0.25, 0.3) is 0 Å². The summed E-state index contributed by atoms with van der Waals surface area (Å²) >= 11 is 6.05. The summed E-state index contributed by atoms with van der Waals surface area (Å²) in [5.41, 5.74) is 0.921. The smallest absolute Gasteiger partial charge is 0.256 e. The predicted molar refractivity (Wildman–Crippen MR) is 159 cm³/mol. The standard InChI is InChI=1S/C31H39ClN6O3/c1-35(38-19-24-5-4-6-25(24)20-38)31(40)22-37(21-30(39)34-13-16-36-14-2-3-15-36)28-17-23(18-33)7-12-29(28)41-27-10-8-26(32)9-11-27/h7-12,17,24-25H,2-6,13-16,19-22H2,1H3,(H,34,39)/t24-,25+. The third-order valence-electron chi connectivity index (χ3n) is 8.57. The summed E-state index contributed by atoms with van der Waals surface area (Å²) in [7, 11) is 1.81. The second-order valence-corrected chi connectivity index (χ2v) is 11.8. The van der Waals surface area contributed by atoms with Gasteiger partial charge in [-0.25, -0.2) is 5.01 Å². The third-order valence-corrected chi connectivity index (χ3v) is 8.82. The maximum absolute atomic E-state index is 13.6. The number of hydrogen-bond acceptors (Lipinski definition) is 7. The van der Waals surface area contributed by atoms with Gasteiger partial charge in [-0.15, -0.1) is 0 Å². The molecule has 218 valence electrons. The zero-order valence-corrected chi connectivity index (χ0v) is 24.5. The molecule has 0 aromatic heterocycles. The van der Waals surface area contributed by atoms with E-state index in [1.165, 1.54) is 32.1 Å². The van der Waals surface area contributed by atoms with Crippen molar-refractivity contribution in [2.24, 2.45) is 11.8 Å². The number of hydrazine groups is 1. The predicted octanol–water partition coefficient (Wildman–Crippen LogP) is 4.13. The van der Waals surface area contributed by atoms with Gasteiger partial charge in [0.15, 0.2) is 5.75 Å². The first-order valence-electron chi connectivity index (χ1n) is 14.6. The minimum Gasteiger partial charge on any atom is -0.455 e. The molecule has 1 N–H and O–H groups in total. The Hall–Kier alpha value is -3.32. The molecule has 10 heteroatoms. The molecule has 2 aromatic carbocycles. The molecule has 2 heterocycles. The highest BCUT2D eigenvalue weighted by Gasteiger charge is 2.38. The quantitative estimate of drug-likeness (QED) is 0.429. The molecular formula is C31H39ClN6O3. The van der Waals surface area contributed by atoms with Crippen LogP contribution in [-0.4, -0.2) is 86.1 Å². The van der Waals surface area contributed by atoms with Crippen molar-refractivity contribution >= 4 is 29.1 Å². The molecule has 0 radical (unpaired) electrons. The molecule has 3 fully saturated rings. The lowest BCUT2D eigenvalue weighted by Gasteiger charge is -2.32. The molecule has 2 aliphatic heterocycles. The van der Waals surface area contributed by atoms with E-state index < -0.39 is 0 Å². The van der Waals surface area contributed by atoms with Gasteiger partial charge in [-0.05, 0) is 93.1 Å². The van der Waals surface area contributed by atoms with E-state index in [9.17, 15) is 14.9 Å². The fraction of sp³-hybridized carbons (Fsp3) is 0.516. The van der Waals surface area contributed by atoms with Crippen molar-refractivity contribution in [3.8, 4) is 17.6 Å². The minimum atomic E-state index is -0.185. The number of ether oxygens (including phenoxy) is 1. The number of anilines is 1. The van der Waals surface area contributed by atoms with Gasteiger partial charge in [0.2, 0.25) is 5.91 Å². The number of carbonyl (C=O) groups excluding carboxylic acids is 2. The van der Waals surface area contributed by atoms with Crippen LogP contribution in [0.4, 0.5) is 5.69 Å². The van der Waals surface area contributed by atoms with Crippen LogP contribution in [0.5, 0.6) is 11.5 Å². The van der Waals surface area contributed by atoms with Crippen molar-refractivity contribution < 1.29 is 14.3 Å². The second-order valence-electron chi connectivity index (χ2n) is 11.3. The van der Waals surface area contributed by atoms with E-state index in [1.54, 1.807) is 52.4 Å². The number of nitrogens with zero attached hydrogens (tertiary/aromatic N) is 5. The Morgan fingerprint density at radius 1 is 1.05 bits per heavy atom. The van der Waals surface area contributed by atoms with Gasteiger partial charge < -0.3 is 19.9 Å². The van der Waals surface area contributed by atoms with E-state index >= 15 is 0 Å². The molecule has 2 saturated heterocycles. The fourth-order valence-corrected chi connectivity index (χ4v) is 6.37. The van der Waals surface area contributed by atoms with E-state index in [2.05, 4.69) is 21.3 Å². The van der Waals surface area contributed by atoms with Crippen molar-refractivity contribution in [2.75, 3.05) is 64.3 Å². The number of nitrogens with one attached hydrogen (secondary N) is 1. The SMILES string of the molecule is CN(C(=O)CN(CC(=O)NCCN1CCCC1)c1cc(C#N)ccc1Oc1ccc(Cl)cc1)N1C[C@H]2CCC[C@H]2C1. The Kier molecular flexibility index (Phi) is 9.65. The van der Waals surface area contributed by atoms with Gasteiger partial charge in [0.05, 0.1) is 30.4 Å². The van der Waals surface area contributed by atoms with Crippen LogP contribution >= 0.6 is 11.6 Å². The molecule has 0 bridgehead atoms. The lowest BCUT2D eigenvalue weighted by molar-refractivity contribution is -0.142. The highest BCUT2D eigenvalue weighted by Crippen LogP contribution is 2.38. The van der Waals surface area contributed by atoms with Crippen molar-refractivity contribution in [1.29, 1.82) is 5.26 Å². The molecule has 2 atom stereocenters. The first-order chi connectivity index (χ1) is 19.9. The highest BCUT2D eigenvalue weighted by atomic mass is 35.5. The number of fused-ring (bicyclic) bond motifs is 1. The number of amides is 2. The molecule has 1 aliphatic carbocycles. The molecule has 41 heavy (non-hydrogen) atoms. The van der Waals surface area contributed by atoms with Gasteiger partial charge in [0.1, 0.15) is 5.75 Å². The van der Waals surface area contributed by atoms with Gasteiger partial charge >= 0.3 is 0 Å². The molecular weight excluding hydrogens is 540 g/mol. The van der Waals surface area contributed by atoms with Crippen molar-refractivity contribution in [2.45, 2.75) is 32.1 Å². The number of rotatable bonds is 11. The Bertz CT molecular complexity index is 1250. The number of hydrogen-bond donors (Lipinski definition) is 1. The molecule has 9 nitrogen and oxygen atoms in total. The number of likely N-dealkylation sites (tertiary alicyclic amines) is 1. The summed E-state index contributed by atoms with van der Waals surface area (Å²) in [4.78, 5) is 30.9. The summed E-state index contributed by atoms with van der Waals surface area (Å²) in [6.45, 7) is 5.17. The van der Waals surface area contributed by atoms with E-state index in [-0.39, 0.29) is 24.9 Å². The van der Waals surface area contributed by atoms with Crippen LogP contribution in [0.2, 0.25) is 5.02 Å². The lowest BCUT2D eigenvalue weighted by Crippen LogP contribution is -2.49. The highest BCUT2D eigenvalue weighted by molar-refractivity contribution is 6.30. The molecule has 0 unspecified atom stereocenters. The summed E-state index contributed by atoms with van der Waals surface area (Å²) in [5.74, 6) is 2.00. The summed E-state index contributed by atoms with van der Waals surface area (Å²) in [6, 6.07) is 14.2. The van der Waals surface area contributed by atoms with Crippen LogP contribution in [0.3, 0.4) is 0 Å². The maximum Gasteiger partial charge on any atom is 0.256 e. The summed E-state index contributed by atoms with van der Waals surface area (Å²) in [6.07, 6.45) is 6.11. The van der Waals surface area contributed by atoms with Gasteiger partial charge in [-0.2, -0.15) is 5.26 Å².